The normalized spacial score (nSPS) is 10.8. The number of carbonyl (C=O) groups is 1. The Kier molecular flexibility index (Phi) is 7.10. The summed E-state index contributed by atoms with van der Waals surface area (Å²) in [7, 11) is 1.60. The van der Waals surface area contributed by atoms with Crippen molar-refractivity contribution in [3.8, 4) is 11.4 Å². The van der Waals surface area contributed by atoms with Gasteiger partial charge in [-0.2, -0.15) is 0 Å². The quantitative estimate of drug-likeness (QED) is 0.371. The Labute approximate surface area is 198 Å². The van der Waals surface area contributed by atoms with Crippen LogP contribution in [0.25, 0.3) is 5.69 Å². The molecule has 1 heterocycles. The highest BCUT2D eigenvalue weighted by Gasteiger charge is 2.17. The second-order valence-electron chi connectivity index (χ2n) is 7.71. The number of methoxy groups -OCH3 is 1. The number of nitrogens with zero attached hydrogens (tertiary/aromatic N) is 3. The van der Waals surface area contributed by atoms with Crippen LogP contribution in [0.2, 0.25) is 0 Å². The number of thioether (sulfide) groups is 1. The first-order valence-corrected chi connectivity index (χ1v) is 11.6. The number of benzene rings is 3. The fraction of sp³-hybridized carbons (Fsp3) is 0.192. The molecule has 0 bridgehead atoms. The van der Waals surface area contributed by atoms with Gasteiger partial charge in [0.2, 0.25) is 0 Å². The first kappa shape index (κ1) is 22.6. The molecule has 0 aliphatic carbocycles. The third-order valence-corrected chi connectivity index (χ3v) is 6.28. The Morgan fingerprint density at radius 2 is 1.76 bits per heavy atom. The van der Waals surface area contributed by atoms with Crippen molar-refractivity contribution in [3.63, 3.8) is 0 Å². The predicted octanol–water partition coefficient (Wildman–Crippen LogP) is 5.12. The van der Waals surface area contributed by atoms with E-state index in [1.165, 1.54) is 5.56 Å². The van der Waals surface area contributed by atoms with Crippen molar-refractivity contribution < 1.29 is 9.53 Å². The second kappa shape index (κ2) is 10.4. The largest absolute Gasteiger partial charge is 0.497 e. The molecule has 0 spiro atoms. The lowest BCUT2D eigenvalue weighted by Gasteiger charge is -2.14. The molecule has 4 aromatic rings. The van der Waals surface area contributed by atoms with E-state index in [1.54, 1.807) is 43.1 Å². The topological polar surface area (TPSA) is 69.0 Å². The molecule has 1 N–H and O–H groups in total. The molecule has 0 aliphatic rings. The Hall–Kier alpha value is -3.58. The van der Waals surface area contributed by atoms with E-state index in [9.17, 15) is 4.79 Å². The Bertz CT molecular complexity index is 1240. The molecule has 0 aliphatic heterocycles. The van der Waals surface area contributed by atoms with Crippen LogP contribution in [0.15, 0.2) is 78.0 Å². The first-order valence-electron chi connectivity index (χ1n) is 10.7. The van der Waals surface area contributed by atoms with Gasteiger partial charge in [-0.05, 0) is 60.9 Å². The van der Waals surface area contributed by atoms with E-state index in [-0.39, 0.29) is 12.5 Å². The summed E-state index contributed by atoms with van der Waals surface area (Å²) >= 11 is 1.63. The minimum atomic E-state index is -0.174. The van der Waals surface area contributed by atoms with Crippen molar-refractivity contribution in [1.29, 1.82) is 0 Å². The number of aromatic nitrogens is 3. The number of aryl methyl sites for hydroxylation is 2. The van der Waals surface area contributed by atoms with Crippen LogP contribution in [-0.2, 0) is 12.3 Å². The maximum Gasteiger partial charge on any atom is 0.251 e. The average Bonchev–Trinajstić information content (AvgIpc) is 3.26. The predicted molar refractivity (Wildman–Crippen MR) is 131 cm³/mol. The molecular weight excluding hydrogens is 432 g/mol. The molecule has 6 nitrogen and oxygen atoms in total. The van der Waals surface area contributed by atoms with Crippen LogP contribution in [0.1, 0.15) is 32.9 Å². The number of carbonyl (C=O) groups excluding carboxylic acids is 1. The minimum Gasteiger partial charge on any atom is -0.497 e. The number of hydrogen-bond donors (Lipinski definition) is 1. The highest BCUT2D eigenvalue weighted by atomic mass is 32.2. The summed E-state index contributed by atoms with van der Waals surface area (Å²) in [5, 5.41) is 12.7. The molecule has 4 rings (SSSR count). The van der Waals surface area contributed by atoms with E-state index in [2.05, 4.69) is 59.7 Å². The Morgan fingerprint density at radius 3 is 2.48 bits per heavy atom. The van der Waals surface area contributed by atoms with Crippen LogP contribution >= 0.6 is 11.8 Å². The SMILES string of the molecule is COc1ccc(C(=O)NCc2nnc(SCc3ccccc3)n2-c2cc(C)ccc2C)cc1. The molecule has 0 unspecified atom stereocenters. The zero-order chi connectivity index (χ0) is 23.2. The molecule has 0 radical (unpaired) electrons. The highest BCUT2D eigenvalue weighted by molar-refractivity contribution is 7.98. The van der Waals surface area contributed by atoms with Gasteiger partial charge in [-0.3, -0.25) is 9.36 Å². The minimum absolute atomic E-state index is 0.174. The zero-order valence-corrected chi connectivity index (χ0v) is 19.7. The van der Waals surface area contributed by atoms with Gasteiger partial charge in [-0.1, -0.05) is 54.2 Å². The van der Waals surface area contributed by atoms with Gasteiger partial charge in [0.25, 0.3) is 5.91 Å². The molecule has 1 amide bonds. The summed E-state index contributed by atoms with van der Waals surface area (Å²) in [5.41, 5.74) is 5.06. The molecule has 0 atom stereocenters. The van der Waals surface area contributed by atoms with E-state index >= 15 is 0 Å². The third-order valence-electron chi connectivity index (χ3n) is 5.28. The Morgan fingerprint density at radius 1 is 1.00 bits per heavy atom. The summed E-state index contributed by atoms with van der Waals surface area (Å²) in [6, 6.07) is 23.6. The number of rotatable bonds is 8. The molecule has 0 saturated heterocycles. The standard InChI is InChI=1S/C26H26N4O2S/c1-18-9-10-19(2)23(15-18)30-24(16-27-25(31)21-11-13-22(32-3)14-12-21)28-29-26(30)33-17-20-7-5-4-6-8-20/h4-15H,16-17H2,1-3H3,(H,27,31). The van der Waals surface area contributed by atoms with Crippen molar-refractivity contribution in [3.05, 3.63) is 101 Å². The molecule has 0 saturated carbocycles. The van der Waals surface area contributed by atoms with E-state index in [1.807, 2.05) is 22.8 Å². The maximum atomic E-state index is 12.7. The second-order valence-corrected chi connectivity index (χ2v) is 8.65. The van der Waals surface area contributed by atoms with E-state index < -0.39 is 0 Å². The van der Waals surface area contributed by atoms with Crippen molar-refractivity contribution in [1.82, 2.24) is 20.1 Å². The fourth-order valence-electron chi connectivity index (χ4n) is 3.44. The summed E-state index contributed by atoms with van der Waals surface area (Å²) in [4.78, 5) is 12.7. The van der Waals surface area contributed by atoms with Gasteiger partial charge in [0, 0.05) is 11.3 Å². The van der Waals surface area contributed by atoms with Crippen molar-refractivity contribution in [2.45, 2.75) is 31.3 Å². The lowest BCUT2D eigenvalue weighted by atomic mass is 10.1. The van der Waals surface area contributed by atoms with E-state index in [0.717, 1.165) is 27.7 Å². The molecular formula is C26H26N4O2S. The summed E-state index contributed by atoms with van der Waals surface area (Å²) in [6.07, 6.45) is 0. The molecule has 3 aromatic carbocycles. The third kappa shape index (κ3) is 5.43. The Balaban J connectivity index is 1.59. The summed E-state index contributed by atoms with van der Waals surface area (Å²) < 4.78 is 7.21. The van der Waals surface area contributed by atoms with Crippen LogP contribution in [0, 0.1) is 13.8 Å². The van der Waals surface area contributed by atoms with Gasteiger partial charge in [0.1, 0.15) is 5.75 Å². The van der Waals surface area contributed by atoms with Crippen molar-refractivity contribution in [2.24, 2.45) is 0 Å². The maximum absolute atomic E-state index is 12.7. The fourth-order valence-corrected chi connectivity index (χ4v) is 4.36. The van der Waals surface area contributed by atoms with Crippen molar-refractivity contribution >= 4 is 17.7 Å². The lowest BCUT2D eigenvalue weighted by Crippen LogP contribution is -2.24. The van der Waals surface area contributed by atoms with Crippen LogP contribution in [0.4, 0.5) is 0 Å². The molecule has 1 aromatic heterocycles. The smallest absolute Gasteiger partial charge is 0.251 e. The van der Waals surface area contributed by atoms with Crippen LogP contribution in [0.5, 0.6) is 5.75 Å². The van der Waals surface area contributed by atoms with Gasteiger partial charge in [0.15, 0.2) is 11.0 Å². The van der Waals surface area contributed by atoms with Crippen molar-refractivity contribution in [2.75, 3.05) is 7.11 Å². The van der Waals surface area contributed by atoms with Gasteiger partial charge in [0.05, 0.1) is 19.3 Å². The molecule has 0 fully saturated rings. The van der Waals surface area contributed by atoms with Gasteiger partial charge >= 0.3 is 0 Å². The number of nitrogens with one attached hydrogen (secondary N) is 1. The van der Waals surface area contributed by atoms with Gasteiger partial charge < -0.3 is 10.1 Å². The monoisotopic (exact) mass is 458 g/mol. The lowest BCUT2D eigenvalue weighted by molar-refractivity contribution is 0.0949. The summed E-state index contributed by atoms with van der Waals surface area (Å²) in [5.74, 6) is 2.00. The molecule has 33 heavy (non-hydrogen) atoms. The summed E-state index contributed by atoms with van der Waals surface area (Å²) in [6.45, 7) is 4.40. The van der Waals surface area contributed by atoms with Crippen LogP contribution in [0.3, 0.4) is 0 Å². The van der Waals surface area contributed by atoms with Gasteiger partial charge in [-0.15, -0.1) is 10.2 Å². The van der Waals surface area contributed by atoms with Crippen LogP contribution in [-0.4, -0.2) is 27.8 Å². The molecule has 7 heteroatoms. The number of ether oxygens (including phenoxy) is 1. The van der Waals surface area contributed by atoms with Gasteiger partial charge in [-0.25, -0.2) is 0 Å². The van der Waals surface area contributed by atoms with E-state index in [4.69, 9.17) is 4.74 Å². The molecule has 168 valence electrons. The zero-order valence-electron chi connectivity index (χ0n) is 18.9. The van der Waals surface area contributed by atoms with E-state index in [0.29, 0.717) is 17.1 Å². The number of hydrogen-bond acceptors (Lipinski definition) is 5. The number of amides is 1. The average molecular weight is 459 g/mol. The van der Waals surface area contributed by atoms with Crippen LogP contribution < -0.4 is 10.1 Å². The highest BCUT2D eigenvalue weighted by Crippen LogP contribution is 2.27. The first-order chi connectivity index (χ1) is 16.0.